The molecule has 6 heteroatoms. The van der Waals surface area contributed by atoms with E-state index >= 15 is 0 Å². The van der Waals surface area contributed by atoms with Gasteiger partial charge in [-0.3, -0.25) is 9.48 Å². The summed E-state index contributed by atoms with van der Waals surface area (Å²) in [4.78, 5) is 14.4. The summed E-state index contributed by atoms with van der Waals surface area (Å²) < 4.78 is 1.60. The van der Waals surface area contributed by atoms with E-state index in [0.29, 0.717) is 18.8 Å². The molecule has 1 aliphatic heterocycles. The van der Waals surface area contributed by atoms with Gasteiger partial charge in [0, 0.05) is 18.3 Å². The van der Waals surface area contributed by atoms with Crippen molar-refractivity contribution in [3.05, 3.63) is 41.7 Å². The van der Waals surface area contributed by atoms with Crippen molar-refractivity contribution in [2.75, 3.05) is 11.4 Å². The van der Waals surface area contributed by atoms with Crippen molar-refractivity contribution in [1.82, 2.24) is 15.0 Å². The van der Waals surface area contributed by atoms with Gasteiger partial charge >= 0.3 is 0 Å². The first-order valence-corrected chi connectivity index (χ1v) is 6.72. The first-order chi connectivity index (χ1) is 9.70. The van der Waals surface area contributed by atoms with Gasteiger partial charge in [0.05, 0.1) is 12.7 Å². The first kappa shape index (κ1) is 12.8. The van der Waals surface area contributed by atoms with Gasteiger partial charge in [-0.15, -0.1) is 5.10 Å². The van der Waals surface area contributed by atoms with Crippen LogP contribution in [0, 0.1) is 0 Å². The number of hydrogen-bond acceptors (Lipinski definition) is 4. The van der Waals surface area contributed by atoms with E-state index in [-0.39, 0.29) is 11.9 Å². The Labute approximate surface area is 117 Å². The number of amides is 1. The van der Waals surface area contributed by atoms with Gasteiger partial charge in [-0.1, -0.05) is 23.4 Å². The number of nitrogens with two attached hydrogens (primary N) is 1. The van der Waals surface area contributed by atoms with Crippen molar-refractivity contribution in [1.29, 1.82) is 0 Å². The molecule has 2 aromatic rings. The van der Waals surface area contributed by atoms with E-state index in [9.17, 15) is 4.79 Å². The van der Waals surface area contributed by atoms with Gasteiger partial charge in [-0.25, -0.2) is 0 Å². The van der Waals surface area contributed by atoms with Crippen LogP contribution in [0.15, 0.2) is 30.5 Å². The Kier molecular flexibility index (Phi) is 3.23. The van der Waals surface area contributed by atoms with Gasteiger partial charge in [0.15, 0.2) is 5.69 Å². The summed E-state index contributed by atoms with van der Waals surface area (Å²) in [6.45, 7) is 3.08. The highest BCUT2D eigenvalue weighted by atomic mass is 16.2. The summed E-state index contributed by atoms with van der Waals surface area (Å²) in [5.41, 5.74) is 8.00. The molecule has 20 heavy (non-hydrogen) atoms. The van der Waals surface area contributed by atoms with Crippen LogP contribution in [0.4, 0.5) is 5.69 Å². The molecule has 3 rings (SSSR count). The van der Waals surface area contributed by atoms with E-state index in [4.69, 9.17) is 5.73 Å². The zero-order valence-corrected chi connectivity index (χ0v) is 11.4. The highest BCUT2D eigenvalue weighted by Crippen LogP contribution is 2.32. The fraction of sp³-hybridized carbons (Fsp3) is 0.357. The average molecular weight is 271 g/mol. The summed E-state index contributed by atoms with van der Waals surface area (Å²) >= 11 is 0. The molecule has 1 unspecified atom stereocenters. The van der Waals surface area contributed by atoms with Crippen LogP contribution in [0.1, 0.15) is 23.0 Å². The third-order valence-corrected chi connectivity index (χ3v) is 3.54. The number of aromatic nitrogens is 3. The van der Waals surface area contributed by atoms with E-state index in [2.05, 4.69) is 16.4 Å². The molecule has 0 aliphatic carbocycles. The summed E-state index contributed by atoms with van der Waals surface area (Å²) in [6, 6.07) is 8.12. The molecule has 0 fully saturated rings. The number of carbonyl (C=O) groups is 1. The van der Waals surface area contributed by atoms with Gasteiger partial charge in [-0.2, -0.15) is 0 Å². The second-order valence-electron chi connectivity index (χ2n) is 5.01. The minimum absolute atomic E-state index is 0.106. The summed E-state index contributed by atoms with van der Waals surface area (Å²) in [7, 11) is 0. The Balaban J connectivity index is 1.90. The average Bonchev–Trinajstić information content (AvgIpc) is 3.02. The van der Waals surface area contributed by atoms with E-state index in [1.807, 2.05) is 25.1 Å². The van der Waals surface area contributed by atoms with Crippen LogP contribution < -0.4 is 10.6 Å². The number of nitrogens with zero attached hydrogens (tertiary/aromatic N) is 4. The van der Waals surface area contributed by atoms with Crippen molar-refractivity contribution in [2.24, 2.45) is 5.73 Å². The fourth-order valence-electron chi connectivity index (χ4n) is 2.64. The Hall–Kier alpha value is -2.21. The zero-order chi connectivity index (χ0) is 14.1. The standard InChI is InChI=1S/C14H17N5O/c1-10-8-11-4-2-3-5-13(11)19(10)14(20)12-9-18(7-6-15)17-16-12/h2-5,9-10H,6-8,15H2,1H3. The van der Waals surface area contributed by atoms with Crippen molar-refractivity contribution in [3.8, 4) is 0 Å². The summed E-state index contributed by atoms with van der Waals surface area (Å²) in [6.07, 6.45) is 2.53. The van der Waals surface area contributed by atoms with Gasteiger partial charge in [0.25, 0.3) is 5.91 Å². The molecule has 0 spiro atoms. The molecule has 1 aromatic heterocycles. The first-order valence-electron chi connectivity index (χ1n) is 6.72. The number of anilines is 1. The molecule has 1 aromatic carbocycles. The molecule has 1 atom stereocenters. The second-order valence-corrected chi connectivity index (χ2v) is 5.01. The van der Waals surface area contributed by atoms with E-state index < -0.39 is 0 Å². The Morgan fingerprint density at radius 1 is 1.45 bits per heavy atom. The number of carbonyl (C=O) groups excluding carboxylic acids is 1. The molecule has 0 saturated heterocycles. The van der Waals surface area contributed by atoms with Crippen LogP contribution in [0.5, 0.6) is 0 Å². The van der Waals surface area contributed by atoms with Crippen LogP contribution >= 0.6 is 0 Å². The van der Waals surface area contributed by atoms with Gasteiger partial charge in [0.1, 0.15) is 0 Å². The van der Waals surface area contributed by atoms with Crippen LogP contribution in [0.2, 0.25) is 0 Å². The van der Waals surface area contributed by atoms with Crippen LogP contribution in [-0.4, -0.2) is 33.5 Å². The number of fused-ring (bicyclic) bond motifs is 1. The normalized spacial score (nSPS) is 17.3. The minimum Gasteiger partial charge on any atom is -0.329 e. The second kappa shape index (κ2) is 5.05. The molecule has 1 aliphatic rings. The van der Waals surface area contributed by atoms with Gasteiger partial charge < -0.3 is 10.6 Å². The monoisotopic (exact) mass is 271 g/mol. The molecule has 1 amide bonds. The third-order valence-electron chi connectivity index (χ3n) is 3.54. The van der Waals surface area contributed by atoms with Crippen LogP contribution in [0.3, 0.4) is 0 Å². The maximum atomic E-state index is 12.6. The molecule has 0 saturated carbocycles. The van der Waals surface area contributed by atoms with Crippen molar-refractivity contribution < 1.29 is 4.79 Å². The highest BCUT2D eigenvalue weighted by Gasteiger charge is 2.32. The predicted molar refractivity (Wildman–Crippen MR) is 75.5 cm³/mol. The Morgan fingerprint density at radius 2 is 2.25 bits per heavy atom. The lowest BCUT2D eigenvalue weighted by Gasteiger charge is -2.21. The lowest BCUT2D eigenvalue weighted by molar-refractivity contribution is 0.0976. The number of benzene rings is 1. The summed E-state index contributed by atoms with van der Waals surface area (Å²) in [5, 5.41) is 7.87. The lowest BCUT2D eigenvalue weighted by Crippen LogP contribution is -2.36. The SMILES string of the molecule is CC1Cc2ccccc2N1C(=O)c1cn(CCN)nn1. The molecular weight excluding hydrogens is 254 g/mol. The number of rotatable bonds is 3. The predicted octanol–water partition coefficient (Wildman–Crippen LogP) is 0.828. The highest BCUT2D eigenvalue weighted by molar-refractivity contribution is 6.06. The van der Waals surface area contributed by atoms with Crippen LogP contribution in [-0.2, 0) is 13.0 Å². The quantitative estimate of drug-likeness (QED) is 0.897. The van der Waals surface area contributed by atoms with E-state index in [1.54, 1.807) is 15.8 Å². The third kappa shape index (κ3) is 2.08. The zero-order valence-electron chi connectivity index (χ0n) is 11.4. The molecule has 6 nitrogen and oxygen atoms in total. The van der Waals surface area contributed by atoms with Crippen LogP contribution in [0.25, 0.3) is 0 Å². The van der Waals surface area contributed by atoms with E-state index in [0.717, 1.165) is 12.1 Å². The molecule has 104 valence electrons. The van der Waals surface area contributed by atoms with Gasteiger partial charge in [-0.05, 0) is 25.0 Å². The Bertz CT molecular complexity index is 636. The topological polar surface area (TPSA) is 77.0 Å². The molecule has 2 N–H and O–H groups in total. The molecular formula is C14H17N5O. The molecule has 2 heterocycles. The van der Waals surface area contributed by atoms with Gasteiger partial charge in [0.2, 0.25) is 0 Å². The molecule has 0 bridgehead atoms. The summed E-state index contributed by atoms with van der Waals surface area (Å²) in [5.74, 6) is -0.106. The number of hydrogen-bond donors (Lipinski definition) is 1. The maximum Gasteiger partial charge on any atom is 0.280 e. The van der Waals surface area contributed by atoms with Crippen molar-refractivity contribution in [2.45, 2.75) is 25.9 Å². The van der Waals surface area contributed by atoms with Crippen molar-refractivity contribution >= 4 is 11.6 Å². The Morgan fingerprint density at radius 3 is 3.05 bits per heavy atom. The lowest BCUT2D eigenvalue weighted by atomic mass is 10.1. The largest absolute Gasteiger partial charge is 0.329 e. The maximum absolute atomic E-state index is 12.6. The minimum atomic E-state index is -0.106. The van der Waals surface area contributed by atoms with E-state index in [1.165, 1.54) is 5.56 Å². The fourth-order valence-corrected chi connectivity index (χ4v) is 2.64. The smallest absolute Gasteiger partial charge is 0.280 e. The van der Waals surface area contributed by atoms with Crippen molar-refractivity contribution in [3.63, 3.8) is 0 Å². The number of para-hydroxylation sites is 1. The molecule has 0 radical (unpaired) electrons.